The molecule has 1 amide bonds. The van der Waals surface area contributed by atoms with Crippen molar-refractivity contribution in [2.45, 2.75) is 6.92 Å². The normalized spacial score (nSPS) is 10.4. The van der Waals surface area contributed by atoms with Gasteiger partial charge in [-0.2, -0.15) is 5.10 Å². The van der Waals surface area contributed by atoms with E-state index in [4.69, 9.17) is 26.8 Å². The molecular weight excluding hydrogens is 388 g/mol. The third-order valence-electron chi connectivity index (χ3n) is 3.13. The molecule has 0 radical (unpaired) electrons. The van der Waals surface area contributed by atoms with Crippen molar-refractivity contribution >= 4 is 46.7 Å². The molecule has 0 saturated heterocycles. The highest BCUT2D eigenvalue weighted by molar-refractivity contribution is 7.80. The molecule has 2 rings (SSSR count). The fraction of sp³-hybridized carbons (Fsp3) is 0.167. The number of carbonyl (C=O) groups excluding carboxylic acids is 1. The first-order valence-electron chi connectivity index (χ1n) is 8.02. The fourth-order valence-corrected chi connectivity index (χ4v) is 2.42. The fourth-order valence-electron chi connectivity index (χ4n) is 2.09. The van der Waals surface area contributed by atoms with E-state index in [9.17, 15) is 4.79 Å². The first-order valence-corrected chi connectivity index (χ1v) is 8.80. The van der Waals surface area contributed by atoms with Crippen molar-refractivity contribution in [3.8, 4) is 11.5 Å². The number of rotatable bonds is 8. The highest BCUT2D eigenvalue weighted by atomic mass is 35.5. The maximum Gasteiger partial charge on any atom is 0.262 e. The minimum atomic E-state index is -0.314. The van der Waals surface area contributed by atoms with Crippen LogP contribution >= 0.6 is 23.8 Å². The molecule has 0 heterocycles. The Bertz CT molecular complexity index is 831. The third kappa shape index (κ3) is 6.76. The number of amides is 1. The van der Waals surface area contributed by atoms with E-state index in [1.807, 2.05) is 25.1 Å². The van der Waals surface area contributed by atoms with Crippen LogP contribution < -0.4 is 25.9 Å². The Morgan fingerprint density at radius 3 is 2.70 bits per heavy atom. The largest absolute Gasteiger partial charge is 0.490 e. The van der Waals surface area contributed by atoms with Gasteiger partial charge in [-0.05, 0) is 49.0 Å². The predicted octanol–water partition coefficient (Wildman–Crippen LogP) is 2.92. The molecule has 4 N–H and O–H groups in total. The molecule has 0 saturated carbocycles. The SMILES string of the molecule is CCOc1cc(C=NNC(N)=S)cc(Cl)c1OCC(=O)Nc1ccccc1. The predicted molar refractivity (Wildman–Crippen MR) is 111 cm³/mol. The highest BCUT2D eigenvalue weighted by Crippen LogP contribution is 2.36. The molecule has 7 nitrogen and oxygen atoms in total. The number of thiocarbonyl (C=S) groups is 1. The van der Waals surface area contributed by atoms with Gasteiger partial charge in [0.05, 0.1) is 17.8 Å². The smallest absolute Gasteiger partial charge is 0.262 e. The summed E-state index contributed by atoms with van der Waals surface area (Å²) in [7, 11) is 0. The van der Waals surface area contributed by atoms with E-state index < -0.39 is 0 Å². The molecular formula is C18H19ClN4O3S. The van der Waals surface area contributed by atoms with Crippen molar-refractivity contribution in [1.82, 2.24) is 5.43 Å². The summed E-state index contributed by atoms with van der Waals surface area (Å²) in [6, 6.07) is 12.4. The van der Waals surface area contributed by atoms with Crippen molar-refractivity contribution in [3.63, 3.8) is 0 Å². The Hall–Kier alpha value is -2.84. The highest BCUT2D eigenvalue weighted by Gasteiger charge is 2.14. The summed E-state index contributed by atoms with van der Waals surface area (Å²) < 4.78 is 11.1. The second-order valence-electron chi connectivity index (χ2n) is 5.20. The van der Waals surface area contributed by atoms with E-state index in [-0.39, 0.29) is 28.4 Å². The van der Waals surface area contributed by atoms with Gasteiger partial charge in [0.2, 0.25) is 0 Å². The van der Waals surface area contributed by atoms with Gasteiger partial charge in [0.25, 0.3) is 5.91 Å². The number of hydrogen-bond donors (Lipinski definition) is 3. The summed E-state index contributed by atoms with van der Waals surface area (Å²) in [6.45, 7) is 2.01. The van der Waals surface area contributed by atoms with E-state index in [1.165, 1.54) is 6.21 Å². The molecule has 0 bridgehead atoms. The molecule has 0 aliphatic heterocycles. The minimum Gasteiger partial charge on any atom is -0.490 e. The number of benzene rings is 2. The Kier molecular flexibility index (Phi) is 7.84. The second-order valence-corrected chi connectivity index (χ2v) is 6.05. The van der Waals surface area contributed by atoms with Crippen LogP contribution in [0.25, 0.3) is 0 Å². The Labute approximate surface area is 167 Å². The van der Waals surface area contributed by atoms with Crippen molar-refractivity contribution < 1.29 is 14.3 Å². The number of anilines is 1. The van der Waals surface area contributed by atoms with E-state index in [2.05, 4.69) is 28.1 Å². The van der Waals surface area contributed by atoms with Crippen LogP contribution in [-0.2, 0) is 4.79 Å². The number of para-hydroxylation sites is 1. The topological polar surface area (TPSA) is 98.0 Å². The summed E-state index contributed by atoms with van der Waals surface area (Å²) in [5.74, 6) is 0.362. The van der Waals surface area contributed by atoms with Crippen molar-refractivity contribution in [2.75, 3.05) is 18.5 Å². The van der Waals surface area contributed by atoms with Crippen LogP contribution in [0.4, 0.5) is 5.69 Å². The van der Waals surface area contributed by atoms with E-state index in [0.29, 0.717) is 23.6 Å². The lowest BCUT2D eigenvalue weighted by Gasteiger charge is -2.14. The number of halogens is 1. The van der Waals surface area contributed by atoms with Crippen molar-refractivity contribution in [2.24, 2.45) is 10.8 Å². The van der Waals surface area contributed by atoms with Gasteiger partial charge >= 0.3 is 0 Å². The Morgan fingerprint density at radius 1 is 1.30 bits per heavy atom. The molecule has 0 aliphatic rings. The van der Waals surface area contributed by atoms with E-state index >= 15 is 0 Å². The summed E-state index contributed by atoms with van der Waals surface area (Å²) >= 11 is 11.0. The summed E-state index contributed by atoms with van der Waals surface area (Å²) in [5, 5.41) is 6.94. The number of nitrogens with one attached hydrogen (secondary N) is 2. The van der Waals surface area contributed by atoms with Gasteiger partial charge in [-0.15, -0.1) is 0 Å². The van der Waals surface area contributed by atoms with Crippen molar-refractivity contribution in [3.05, 3.63) is 53.1 Å². The monoisotopic (exact) mass is 406 g/mol. The Balaban J connectivity index is 2.09. The van der Waals surface area contributed by atoms with Crippen molar-refractivity contribution in [1.29, 1.82) is 0 Å². The summed E-state index contributed by atoms with van der Waals surface area (Å²) in [5.41, 5.74) is 9.09. The van der Waals surface area contributed by atoms with Gasteiger partial charge in [-0.25, -0.2) is 0 Å². The molecule has 9 heteroatoms. The quantitative estimate of drug-likeness (QED) is 0.354. The molecule has 0 unspecified atom stereocenters. The zero-order chi connectivity index (χ0) is 19.6. The third-order valence-corrected chi connectivity index (χ3v) is 3.50. The van der Waals surface area contributed by atoms with E-state index in [1.54, 1.807) is 24.3 Å². The van der Waals surface area contributed by atoms with Crippen LogP contribution in [0.3, 0.4) is 0 Å². The van der Waals surface area contributed by atoms with Gasteiger partial charge in [-0.3, -0.25) is 10.2 Å². The van der Waals surface area contributed by atoms with Crippen LogP contribution in [0.1, 0.15) is 12.5 Å². The van der Waals surface area contributed by atoms with Crippen LogP contribution in [-0.4, -0.2) is 30.4 Å². The molecule has 2 aromatic carbocycles. The zero-order valence-corrected chi connectivity index (χ0v) is 16.1. The molecule has 27 heavy (non-hydrogen) atoms. The maximum atomic E-state index is 12.1. The van der Waals surface area contributed by atoms with Gasteiger partial charge in [0.15, 0.2) is 23.2 Å². The van der Waals surface area contributed by atoms with Crippen LogP contribution in [0.15, 0.2) is 47.6 Å². The average Bonchev–Trinajstić information content (AvgIpc) is 2.62. The molecule has 0 aromatic heterocycles. The molecule has 0 aliphatic carbocycles. The summed E-state index contributed by atoms with van der Waals surface area (Å²) in [4.78, 5) is 12.1. The number of hydrazone groups is 1. The number of ether oxygens (including phenoxy) is 2. The number of hydrogen-bond acceptors (Lipinski definition) is 5. The first-order chi connectivity index (χ1) is 13.0. The van der Waals surface area contributed by atoms with Gasteiger partial charge in [0, 0.05) is 5.69 Å². The number of carbonyl (C=O) groups is 1. The van der Waals surface area contributed by atoms with E-state index in [0.717, 1.165) is 0 Å². The number of nitrogens with two attached hydrogens (primary N) is 1. The molecule has 0 atom stereocenters. The van der Waals surface area contributed by atoms with Crippen LogP contribution in [0, 0.1) is 0 Å². The maximum absolute atomic E-state index is 12.1. The molecule has 142 valence electrons. The lowest BCUT2D eigenvalue weighted by Crippen LogP contribution is -2.24. The van der Waals surface area contributed by atoms with Crippen LogP contribution in [0.5, 0.6) is 11.5 Å². The van der Waals surface area contributed by atoms with Gasteiger partial charge in [-0.1, -0.05) is 29.8 Å². The molecule has 0 fully saturated rings. The zero-order valence-electron chi connectivity index (χ0n) is 14.6. The Morgan fingerprint density at radius 2 is 2.04 bits per heavy atom. The number of nitrogens with zero attached hydrogens (tertiary/aromatic N) is 1. The second kappa shape index (κ2) is 10.3. The first kappa shape index (κ1) is 20.5. The molecule has 2 aromatic rings. The van der Waals surface area contributed by atoms with Crippen LogP contribution in [0.2, 0.25) is 5.02 Å². The lowest BCUT2D eigenvalue weighted by atomic mass is 10.2. The molecule has 0 spiro atoms. The van der Waals surface area contributed by atoms with Gasteiger partial charge < -0.3 is 20.5 Å². The van der Waals surface area contributed by atoms with Gasteiger partial charge in [0.1, 0.15) is 0 Å². The summed E-state index contributed by atoms with van der Waals surface area (Å²) in [6.07, 6.45) is 1.49. The standard InChI is InChI=1S/C18H19ClN4O3S/c1-2-25-15-9-12(10-21-23-18(20)27)8-14(19)17(15)26-11-16(24)22-13-6-4-3-5-7-13/h3-10H,2,11H2,1H3,(H,22,24)(H3,20,23,27). The minimum absolute atomic E-state index is 0.0479. The average molecular weight is 407 g/mol. The lowest BCUT2D eigenvalue weighted by molar-refractivity contribution is -0.118.